The van der Waals surface area contributed by atoms with Gasteiger partial charge in [0, 0.05) is 19.4 Å². The Bertz CT molecular complexity index is 1030. The predicted molar refractivity (Wildman–Crippen MR) is 116 cm³/mol. The molecule has 2 aromatic heterocycles. The van der Waals surface area contributed by atoms with Crippen LogP contribution in [0.3, 0.4) is 0 Å². The van der Waals surface area contributed by atoms with E-state index in [9.17, 15) is 9.46 Å². The van der Waals surface area contributed by atoms with E-state index in [1.165, 1.54) is 6.66 Å². The highest BCUT2D eigenvalue weighted by molar-refractivity contribution is 9.10. The molecule has 0 saturated carbocycles. The van der Waals surface area contributed by atoms with Gasteiger partial charge >= 0.3 is 0 Å². The minimum Gasteiger partial charge on any atom is -0.382 e. The van der Waals surface area contributed by atoms with Crippen LogP contribution in [0.2, 0.25) is 0 Å². The molecule has 0 saturated heterocycles. The number of hydrogen-bond donors (Lipinski definition) is 3. The number of aromatic nitrogens is 4. The molecular formula is C18H24BrN6O2P. The van der Waals surface area contributed by atoms with Crippen LogP contribution in [-0.2, 0) is 17.3 Å². The second-order valence-corrected chi connectivity index (χ2v) is 10.0. The predicted octanol–water partition coefficient (Wildman–Crippen LogP) is 3.83. The number of nitrogens with zero attached hydrogens (tertiary/aromatic N) is 4. The second-order valence-electron chi connectivity index (χ2n) is 6.88. The summed E-state index contributed by atoms with van der Waals surface area (Å²) in [6, 6.07) is 7.63. The van der Waals surface area contributed by atoms with E-state index in [0.29, 0.717) is 34.2 Å². The highest BCUT2D eigenvalue weighted by Crippen LogP contribution is 2.39. The second kappa shape index (κ2) is 8.59. The number of halogens is 1. The monoisotopic (exact) mass is 466 g/mol. The van der Waals surface area contributed by atoms with Crippen LogP contribution < -0.4 is 11.1 Å². The zero-order valence-corrected chi connectivity index (χ0v) is 18.4. The number of rotatable bonds is 8. The highest BCUT2D eigenvalue weighted by Gasteiger charge is 2.16. The van der Waals surface area contributed by atoms with Crippen LogP contribution in [0.15, 0.2) is 29.0 Å². The van der Waals surface area contributed by atoms with E-state index in [1.54, 1.807) is 0 Å². The summed E-state index contributed by atoms with van der Waals surface area (Å²) >= 11 is 3.48. The minimum atomic E-state index is -3.13. The minimum absolute atomic E-state index is 0.146. The van der Waals surface area contributed by atoms with Gasteiger partial charge in [-0.3, -0.25) is 9.13 Å². The maximum atomic E-state index is 11.7. The fourth-order valence-corrected chi connectivity index (χ4v) is 4.28. The van der Waals surface area contributed by atoms with Gasteiger partial charge in [0.15, 0.2) is 21.7 Å². The van der Waals surface area contributed by atoms with Gasteiger partial charge in [0.1, 0.15) is 0 Å². The summed E-state index contributed by atoms with van der Waals surface area (Å²) in [5, 5.41) is 3.20. The largest absolute Gasteiger partial charge is 0.382 e. The van der Waals surface area contributed by atoms with Crippen LogP contribution in [0.25, 0.3) is 11.2 Å². The highest BCUT2D eigenvalue weighted by atomic mass is 79.9. The molecule has 2 heterocycles. The molecule has 0 amide bonds. The lowest BCUT2D eigenvalue weighted by molar-refractivity contribution is 0.484. The zero-order valence-electron chi connectivity index (χ0n) is 15.9. The molecule has 3 aromatic rings. The maximum absolute atomic E-state index is 11.7. The van der Waals surface area contributed by atoms with Crippen LogP contribution >= 0.6 is 23.3 Å². The number of nitrogens with two attached hydrogens (primary N) is 1. The number of imidazole rings is 1. The maximum Gasteiger partial charge on any atom is 0.226 e. The van der Waals surface area contributed by atoms with E-state index < -0.39 is 7.37 Å². The van der Waals surface area contributed by atoms with Gasteiger partial charge in [-0.1, -0.05) is 37.6 Å². The van der Waals surface area contributed by atoms with Gasteiger partial charge < -0.3 is 15.9 Å². The Kier molecular flexibility index (Phi) is 6.37. The number of unbranched alkanes of at least 4 members (excludes halogenated alkanes) is 1. The van der Waals surface area contributed by atoms with Crippen molar-refractivity contribution in [1.82, 2.24) is 19.5 Å². The number of fused-ring (bicyclic) bond motifs is 1. The number of nitrogens with one attached hydrogen (secondary N) is 1. The molecule has 8 nitrogen and oxygen atoms in total. The fraction of sp³-hybridized carbons (Fsp3) is 0.389. The summed E-state index contributed by atoms with van der Waals surface area (Å²) in [5.41, 5.74) is 9.05. The van der Waals surface area contributed by atoms with Gasteiger partial charge in [0.2, 0.25) is 13.3 Å². The molecule has 3 rings (SSSR count). The summed E-state index contributed by atoms with van der Waals surface area (Å²) in [6.07, 6.45) is 2.24. The molecule has 0 fully saturated rings. The zero-order chi connectivity index (χ0) is 20.3. The van der Waals surface area contributed by atoms with Gasteiger partial charge in [-0.15, -0.1) is 0 Å². The Morgan fingerprint density at radius 1 is 1.29 bits per heavy atom. The van der Waals surface area contributed by atoms with Crippen molar-refractivity contribution < 1.29 is 9.46 Å². The number of hydrogen-bond acceptors (Lipinski definition) is 6. The van der Waals surface area contributed by atoms with Crippen molar-refractivity contribution in [2.24, 2.45) is 0 Å². The normalized spacial score (nSPS) is 13.6. The number of anilines is 2. The Hall–Kier alpha value is -1.96. The van der Waals surface area contributed by atoms with E-state index in [4.69, 9.17) is 5.73 Å². The molecule has 0 aliphatic carbocycles. The van der Waals surface area contributed by atoms with Crippen molar-refractivity contribution in [1.29, 1.82) is 0 Å². The Balaban J connectivity index is 1.93. The number of nitrogen functional groups attached to an aromatic ring is 1. The first-order valence-electron chi connectivity index (χ1n) is 9.07. The Morgan fingerprint density at radius 3 is 2.75 bits per heavy atom. The molecule has 1 atom stereocenters. The SMILES string of the molecule is CCCCNc1nc(N)c2nc(Br)n(Cc3cccc(CP(C)(=O)O)c3)c2n1. The first kappa shape index (κ1) is 20.8. The van der Waals surface area contributed by atoms with Gasteiger partial charge in [-0.25, -0.2) is 4.98 Å². The molecule has 1 aromatic carbocycles. The third-order valence-electron chi connectivity index (χ3n) is 4.20. The smallest absolute Gasteiger partial charge is 0.226 e. The topological polar surface area (TPSA) is 119 Å². The average molecular weight is 467 g/mol. The molecule has 1 unspecified atom stereocenters. The van der Waals surface area contributed by atoms with Crippen LogP contribution in [-0.4, -0.2) is 37.6 Å². The molecule has 0 radical (unpaired) electrons. The molecule has 0 bridgehead atoms. The number of benzene rings is 1. The standard InChI is InChI=1S/C18H24BrN6O2P/c1-3-4-8-21-18-23-15(20)14-16(24-18)25(17(19)22-14)10-12-6-5-7-13(9-12)11-28(2,26)27/h5-7,9H,3-4,8,10-11H2,1-2H3,(H,26,27)(H3,20,21,23,24). The van der Waals surface area contributed by atoms with Gasteiger partial charge in [-0.2, -0.15) is 9.97 Å². The lowest BCUT2D eigenvalue weighted by Crippen LogP contribution is -2.09. The van der Waals surface area contributed by atoms with Gasteiger partial charge in [0.25, 0.3) is 0 Å². The van der Waals surface area contributed by atoms with E-state index in [-0.39, 0.29) is 6.16 Å². The van der Waals surface area contributed by atoms with Crippen molar-refractivity contribution in [3.63, 3.8) is 0 Å². The molecule has 0 aliphatic heterocycles. The molecule has 28 heavy (non-hydrogen) atoms. The van der Waals surface area contributed by atoms with Crippen LogP contribution in [0, 0.1) is 0 Å². The first-order valence-corrected chi connectivity index (χ1v) is 12.2. The van der Waals surface area contributed by atoms with Crippen LogP contribution in [0.5, 0.6) is 0 Å². The van der Waals surface area contributed by atoms with Crippen molar-refractivity contribution >= 4 is 46.2 Å². The summed E-state index contributed by atoms with van der Waals surface area (Å²) in [7, 11) is -3.13. The molecular weight excluding hydrogens is 443 g/mol. The Morgan fingerprint density at radius 2 is 2.04 bits per heavy atom. The average Bonchev–Trinajstić information content (AvgIpc) is 2.91. The van der Waals surface area contributed by atoms with E-state index >= 15 is 0 Å². The van der Waals surface area contributed by atoms with E-state index in [1.807, 2.05) is 28.8 Å². The lowest BCUT2D eigenvalue weighted by Gasteiger charge is -2.10. The van der Waals surface area contributed by atoms with Crippen molar-refractivity contribution in [2.75, 3.05) is 24.3 Å². The van der Waals surface area contributed by atoms with Gasteiger partial charge in [-0.05, 0) is 33.5 Å². The summed E-state index contributed by atoms with van der Waals surface area (Å²) < 4.78 is 14.2. The molecule has 10 heteroatoms. The molecule has 150 valence electrons. The van der Waals surface area contributed by atoms with Crippen molar-refractivity contribution in [3.05, 3.63) is 40.1 Å². The van der Waals surface area contributed by atoms with Crippen molar-refractivity contribution in [3.8, 4) is 0 Å². The molecule has 0 aliphatic rings. The van der Waals surface area contributed by atoms with Crippen molar-refractivity contribution in [2.45, 2.75) is 32.5 Å². The summed E-state index contributed by atoms with van der Waals surface area (Å²) in [4.78, 5) is 23.0. The molecule has 4 N–H and O–H groups in total. The van der Waals surface area contributed by atoms with E-state index in [0.717, 1.165) is 30.5 Å². The fourth-order valence-electron chi connectivity index (χ4n) is 2.94. The van der Waals surface area contributed by atoms with E-state index in [2.05, 4.69) is 43.1 Å². The van der Waals surface area contributed by atoms with Crippen LogP contribution in [0.1, 0.15) is 30.9 Å². The third kappa shape index (κ3) is 5.10. The summed E-state index contributed by atoms with van der Waals surface area (Å²) in [5.74, 6) is 0.803. The third-order valence-corrected chi connectivity index (χ3v) is 5.75. The summed E-state index contributed by atoms with van der Waals surface area (Å²) in [6.45, 7) is 4.76. The Labute approximate surface area is 172 Å². The van der Waals surface area contributed by atoms with Crippen LogP contribution in [0.4, 0.5) is 11.8 Å². The van der Waals surface area contributed by atoms with Gasteiger partial charge in [0.05, 0.1) is 6.54 Å². The molecule has 0 spiro atoms. The first-order chi connectivity index (χ1) is 13.3. The lowest BCUT2D eigenvalue weighted by atomic mass is 10.1. The quantitative estimate of drug-likeness (QED) is 0.262.